The first-order valence-corrected chi connectivity index (χ1v) is 5.80. The van der Waals surface area contributed by atoms with Crippen LogP contribution in [0.2, 0.25) is 5.02 Å². The second-order valence-corrected chi connectivity index (χ2v) is 3.78. The molecule has 0 aromatic heterocycles. The fourth-order valence-electron chi connectivity index (χ4n) is 1.11. The predicted molar refractivity (Wildman–Crippen MR) is 67.7 cm³/mol. The number of anilines is 1. The number of halogens is 1. The summed E-state index contributed by atoms with van der Waals surface area (Å²) in [5.41, 5.74) is 0.391. The van der Waals surface area contributed by atoms with E-state index in [0.29, 0.717) is 10.7 Å². The quantitative estimate of drug-likeness (QED) is 0.668. The molecule has 1 rings (SSSR count). The van der Waals surface area contributed by atoms with Crippen molar-refractivity contribution < 1.29 is 23.9 Å². The molecule has 0 heterocycles. The third kappa shape index (κ3) is 5.39. The Morgan fingerprint density at radius 1 is 1.16 bits per heavy atom. The summed E-state index contributed by atoms with van der Waals surface area (Å²) in [6.45, 7) is 1.20. The summed E-state index contributed by atoms with van der Waals surface area (Å²) < 4.78 is 9.00. The minimum Gasteiger partial charge on any atom is -0.463 e. The van der Waals surface area contributed by atoms with Crippen molar-refractivity contribution in [3.05, 3.63) is 29.3 Å². The van der Waals surface area contributed by atoms with E-state index in [4.69, 9.17) is 11.6 Å². The average Bonchev–Trinajstić information content (AvgIpc) is 2.39. The lowest BCUT2D eigenvalue weighted by atomic mass is 10.3. The van der Waals surface area contributed by atoms with Gasteiger partial charge in [-0.2, -0.15) is 0 Å². The minimum atomic E-state index is -1.16. The zero-order valence-corrected chi connectivity index (χ0v) is 10.9. The molecular formula is C12H12ClNO5. The molecule has 1 N–H and O–H groups in total. The predicted octanol–water partition coefficient (Wildman–Crippen LogP) is 1.38. The molecule has 0 saturated carbocycles. The number of rotatable bonds is 4. The summed E-state index contributed by atoms with van der Waals surface area (Å²) in [7, 11) is 0. The van der Waals surface area contributed by atoms with Crippen LogP contribution in [0.4, 0.5) is 5.69 Å². The van der Waals surface area contributed by atoms with Crippen molar-refractivity contribution in [2.75, 3.05) is 18.5 Å². The van der Waals surface area contributed by atoms with E-state index in [9.17, 15) is 14.4 Å². The smallest absolute Gasteiger partial charge is 0.397 e. The molecule has 0 radical (unpaired) electrons. The van der Waals surface area contributed by atoms with Gasteiger partial charge in [0.15, 0.2) is 6.61 Å². The van der Waals surface area contributed by atoms with E-state index < -0.39 is 24.5 Å². The maximum atomic E-state index is 11.4. The number of hydrogen-bond donors (Lipinski definition) is 1. The average molecular weight is 286 g/mol. The third-order valence-corrected chi connectivity index (χ3v) is 2.17. The Morgan fingerprint density at radius 3 is 2.37 bits per heavy atom. The fourth-order valence-corrected chi connectivity index (χ4v) is 1.23. The van der Waals surface area contributed by atoms with Crippen molar-refractivity contribution in [3.63, 3.8) is 0 Å². The first-order chi connectivity index (χ1) is 9.02. The Balaban J connectivity index is 2.42. The number of hydrogen-bond acceptors (Lipinski definition) is 5. The molecule has 0 spiro atoms. The highest BCUT2D eigenvalue weighted by molar-refractivity contribution is 6.37. The lowest BCUT2D eigenvalue weighted by Gasteiger charge is -2.05. The number of nitrogens with one attached hydrogen (secondary N) is 1. The second-order valence-electron chi connectivity index (χ2n) is 3.34. The largest absolute Gasteiger partial charge is 0.463 e. The van der Waals surface area contributed by atoms with Gasteiger partial charge in [-0.3, -0.25) is 4.79 Å². The molecule has 102 valence electrons. The summed E-state index contributed by atoms with van der Waals surface area (Å²) in [6.07, 6.45) is 0. The van der Waals surface area contributed by atoms with Crippen LogP contribution in [0, 0.1) is 0 Å². The van der Waals surface area contributed by atoms with E-state index >= 15 is 0 Å². The summed E-state index contributed by atoms with van der Waals surface area (Å²) in [4.78, 5) is 33.6. The molecule has 19 heavy (non-hydrogen) atoms. The van der Waals surface area contributed by atoms with Gasteiger partial charge in [-0.15, -0.1) is 0 Å². The summed E-state index contributed by atoms with van der Waals surface area (Å²) in [6, 6.07) is 6.17. The van der Waals surface area contributed by atoms with Gasteiger partial charge in [0.2, 0.25) is 0 Å². The van der Waals surface area contributed by atoms with E-state index in [-0.39, 0.29) is 6.61 Å². The Labute approximate surface area is 114 Å². The standard InChI is InChI=1S/C12H12ClNO5/c1-2-18-10(15)7-19-12(17)11(16)14-9-5-3-8(13)4-6-9/h3-6H,2,7H2,1H3,(H,14,16). The summed E-state index contributed by atoms with van der Waals surface area (Å²) in [5.74, 6) is -2.86. The maximum absolute atomic E-state index is 11.4. The van der Waals surface area contributed by atoms with Gasteiger partial charge in [-0.05, 0) is 31.2 Å². The lowest BCUT2D eigenvalue weighted by molar-refractivity contribution is -0.161. The molecule has 0 aliphatic rings. The molecule has 1 aromatic carbocycles. The molecule has 0 aliphatic carbocycles. The first kappa shape index (κ1) is 15.0. The van der Waals surface area contributed by atoms with E-state index in [0.717, 1.165) is 0 Å². The molecule has 0 unspecified atom stereocenters. The Bertz CT molecular complexity index is 472. The third-order valence-electron chi connectivity index (χ3n) is 1.91. The highest BCUT2D eigenvalue weighted by Crippen LogP contribution is 2.13. The Hall–Kier alpha value is -2.08. The SMILES string of the molecule is CCOC(=O)COC(=O)C(=O)Nc1ccc(Cl)cc1. The van der Waals surface area contributed by atoms with Crippen LogP contribution in [0.5, 0.6) is 0 Å². The number of ether oxygens (including phenoxy) is 2. The topological polar surface area (TPSA) is 81.7 Å². The molecule has 1 amide bonds. The molecule has 1 aromatic rings. The van der Waals surface area contributed by atoms with Gasteiger partial charge in [0.1, 0.15) is 0 Å². The van der Waals surface area contributed by atoms with Crippen molar-refractivity contribution in [2.45, 2.75) is 6.92 Å². The molecule has 0 atom stereocenters. The number of esters is 2. The molecule has 0 fully saturated rings. The number of carbonyl (C=O) groups excluding carboxylic acids is 3. The normalized spacial score (nSPS) is 9.58. The van der Waals surface area contributed by atoms with E-state index in [1.54, 1.807) is 19.1 Å². The van der Waals surface area contributed by atoms with Crippen molar-refractivity contribution in [3.8, 4) is 0 Å². The van der Waals surface area contributed by atoms with Gasteiger partial charge in [0.25, 0.3) is 0 Å². The first-order valence-electron chi connectivity index (χ1n) is 5.42. The molecular weight excluding hydrogens is 274 g/mol. The van der Waals surface area contributed by atoms with Crippen molar-refractivity contribution in [2.24, 2.45) is 0 Å². The van der Waals surface area contributed by atoms with Gasteiger partial charge >= 0.3 is 17.8 Å². The van der Waals surface area contributed by atoms with Crippen molar-refractivity contribution in [1.29, 1.82) is 0 Å². The monoisotopic (exact) mass is 285 g/mol. The molecule has 0 bridgehead atoms. The Morgan fingerprint density at radius 2 is 1.79 bits per heavy atom. The Kier molecular flexibility index (Phi) is 5.81. The van der Waals surface area contributed by atoms with E-state index in [1.165, 1.54) is 12.1 Å². The summed E-state index contributed by atoms with van der Waals surface area (Å²) in [5, 5.41) is 2.80. The second kappa shape index (κ2) is 7.38. The van der Waals surface area contributed by atoms with Crippen LogP contribution in [0.1, 0.15) is 6.92 Å². The number of benzene rings is 1. The molecule has 0 saturated heterocycles. The van der Waals surface area contributed by atoms with Gasteiger partial charge in [-0.1, -0.05) is 11.6 Å². The van der Waals surface area contributed by atoms with Gasteiger partial charge in [0.05, 0.1) is 6.61 Å². The van der Waals surface area contributed by atoms with Crippen LogP contribution in [0.3, 0.4) is 0 Å². The highest BCUT2D eigenvalue weighted by atomic mass is 35.5. The number of carbonyl (C=O) groups is 3. The maximum Gasteiger partial charge on any atom is 0.397 e. The minimum absolute atomic E-state index is 0.174. The van der Waals surface area contributed by atoms with Gasteiger partial charge in [-0.25, -0.2) is 9.59 Å². The zero-order valence-electron chi connectivity index (χ0n) is 10.1. The van der Waals surface area contributed by atoms with Crippen LogP contribution in [-0.4, -0.2) is 31.1 Å². The van der Waals surface area contributed by atoms with Crippen molar-refractivity contribution in [1.82, 2.24) is 0 Å². The lowest BCUT2D eigenvalue weighted by Crippen LogP contribution is -2.27. The van der Waals surface area contributed by atoms with Gasteiger partial charge in [0, 0.05) is 10.7 Å². The van der Waals surface area contributed by atoms with Crippen LogP contribution in [0.25, 0.3) is 0 Å². The number of amides is 1. The van der Waals surface area contributed by atoms with Gasteiger partial charge < -0.3 is 14.8 Å². The highest BCUT2D eigenvalue weighted by Gasteiger charge is 2.17. The van der Waals surface area contributed by atoms with Crippen LogP contribution in [0.15, 0.2) is 24.3 Å². The fraction of sp³-hybridized carbons (Fsp3) is 0.250. The summed E-state index contributed by atoms with van der Waals surface area (Å²) >= 11 is 5.67. The van der Waals surface area contributed by atoms with E-state index in [2.05, 4.69) is 14.8 Å². The van der Waals surface area contributed by atoms with Crippen LogP contribution >= 0.6 is 11.6 Å². The van der Waals surface area contributed by atoms with E-state index in [1.807, 2.05) is 0 Å². The van der Waals surface area contributed by atoms with Crippen LogP contribution < -0.4 is 5.32 Å². The zero-order chi connectivity index (χ0) is 14.3. The molecule has 7 heteroatoms. The molecule has 0 aliphatic heterocycles. The molecule has 6 nitrogen and oxygen atoms in total. The van der Waals surface area contributed by atoms with Crippen LogP contribution in [-0.2, 0) is 23.9 Å². The van der Waals surface area contributed by atoms with Crippen molar-refractivity contribution >= 4 is 35.1 Å².